The van der Waals surface area contributed by atoms with E-state index in [0.29, 0.717) is 0 Å². The molecule has 144 valence electrons. The second kappa shape index (κ2) is 6.39. The number of hydrogen-bond donors (Lipinski definition) is 0. The van der Waals surface area contributed by atoms with Crippen molar-refractivity contribution < 1.29 is 4.57 Å². The summed E-state index contributed by atoms with van der Waals surface area (Å²) >= 11 is 0. The van der Waals surface area contributed by atoms with Gasteiger partial charge in [0.1, 0.15) is 12.9 Å². The van der Waals surface area contributed by atoms with Gasteiger partial charge in [-0.05, 0) is 41.8 Å². The van der Waals surface area contributed by atoms with Crippen LogP contribution in [-0.2, 0) is 13.5 Å². The van der Waals surface area contributed by atoms with Gasteiger partial charge in [-0.2, -0.15) is 0 Å². The fraction of sp³-hybridized carbons (Fsp3) is 0.111. The summed E-state index contributed by atoms with van der Waals surface area (Å²) in [7, 11) is 2.14. The molecule has 0 atom stereocenters. The second-order valence-corrected chi connectivity index (χ2v) is 8.10. The second-order valence-electron chi connectivity index (χ2n) is 8.10. The van der Waals surface area contributed by atoms with Crippen LogP contribution in [0.15, 0.2) is 85.1 Å². The van der Waals surface area contributed by atoms with E-state index in [1.165, 1.54) is 44.7 Å². The van der Waals surface area contributed by atoms with Gasteiger partial charge in [-0.3, -0.25) is 4.57 Å². The molecule has 0 aliphatic carbocycles. The molecule has 0 saturated carbocycles. The normalized spacial score (nSPS) is 12.2. The highest BCUT2D eigenvalue weighted by molar-refractivity contribution is 5.81. The van der Waals surface area contributed by atoms with Crippen molar-refractivity contribution in [3.8, 4) is 28.1 Å². The fourth-order valence-electron chi connectivity index (χ4n) is 4.65. The Hall–Kier alpha value is -3.72. The molecule has 0 amide bonds. The van der Waals surface area contributed by atoms with E-state index in [1.54, 1.807) is 0 Å². The van der Waals surface area contributed by atoms with Gasteiger partial charge in [0.25, 0.3) is 0 Å². The predicted octanol–water partition coefficient (Wildman–Crippen LogP) is 5.40. The Bertz CT molecular complexity index is 1430. The Balaban J connectivity index is 1.55. The maximum Gasteiger partial charge on any atom is 0.214 e. The Morgan fingerprint density at radius 1 is 0.867 bits per heavy atom. The Morgan fingerprint density at radius 2 is 1.67 bits per heavy atom. The van der Waals surface area contributed by atoms with E-state index in [1.807, 2.05) is 0 Å². The molecule has 1 aliphatic rings. The van der Waals surface area contributed by atoms with Crippen molar-refractivity contribution in [3.05, 3.63) is 102 Å². The number of hydrogen-bond acceptors (Lipinski definition) is 1. The van der Waals surface area contributed by atoms with Gasteiger partial charge >= 0.3 is 0 Å². The third-order valence-electron chi connectivity index (χ3n) is 6.17. The lowest BCUT2D eigenvalue weighted by Crippen LogP contribution is -2.31. The van der Waals surface area contributed by atoms with Crippen molar-refractivity contribution in [1.82, 2.24) is 9.55 Å². The molecule has 1 aliphatic heterocycles. The van der Waals surface area contributed by atoms with Crippen molar-refractivity contribution >= 4 is 11.0 Å². The Labute approximate surface area is 175 Å². The molecular weight excluding hydrogens is 366 g/mol. The number of pyridine rings is 1. The van der Waals surface area contributed by atoms with Crippen molar-refractivity contribution in [2.75, 3.05) is 0 Å². The van der Waals surface area contributed by atoms with E-state index < -0.39 is 0 Å². The molecule has 3 heterocycles. The minimum absolute atomic E-state index is 0.876. The van der Waals surface area contributed by atoms with Crippen LogP contribution in [0.5, 0.6) is 0 Å². The highest BCUT2D eigenvalue weighted by atomic mass is 15.1. The van der Waals surface area contributed by atoms with E-state index >= 15 is 0 Å². The summed E-state index contributed by atoms with van der Waals surface area (Å²) in [6.45, 7) is 2.19. The third-order valence-corrected chi connectivity index (χ3v) is 6.17. The van der Waals surface area contributed by atoms with Gasteiger partial charge in [-0.1, -0.05) is 54.6 Å². The highest BCUT2D eigenvalue weighted by Gasteiger charge is 2.27. The van der Waals surface area contributed by atoms with Crippen LogP contribution in [0.25, 0.3) is 39.1 Å². The molecule has 3 nitrogen and oxygen atoms in total. The molecule has 0 N–H and O–H groups in total. The lowest BCUT2D eigenvalue weighted by Gasteiger charge is -2.10. The van der Waals surface area contributed by atoms with Crippen LogP contribution in [0.4, 0.5) is 0 Å². The average Bonchev–Trinajstić information content (AvgIpc) is 3.29. The number of benzene rings is 3. The lowest BCUT2D eigenvalue weighted by molar-refractivity contribution is -0.660. The number of aryl methyl sites for hydroxylation is 2. The van der Waals surface area contributed by atoms with Crippen LogP contribution in [0.1, 0.15) is 17.0 Å². The van der Waals surface area contributed by atoms with Gasteiger partial charge in [0.05, 0.1) is 16.7 Å². The van der Waals surface area contributed by atoms with Crippen molar-refractivity contribution in [1.29, 1.82) is 0 Å². The average molecular weight is 388 g/mol. The largest absolute Gasteiger partial charge is 0.295 e. The molecule has 0 saturated heterocycles. The standard InChI is InChI=1S/C27H22N3/c1-18-12-13-20(19-8-4-3-5-9-19)14-22(18)26-16-25-21(17-29(26)2)15-27-28-23-10-6-7-11-24(23)30(25)27/h3-14,16-17H,15H2,1-2H3/q+1. The topological polar surface area (TPSA) is 21.7 Å². The molecule has 6 rings (SSSR count). The van der Waals surface area contributed by atoms with Crippen LogP contribution < -0.4 is 4.57 Å². The van der Waals surface area contributed by atoms with E-state index in [4.69, 9.17) is 4.98 Å². The van der Waals surface area contributed by atoms with E-state index in [2.05, 4.69) is 108 Å². The third kappa shape index (κ3) is 2.52. The highest BCUT2D eigenvalue weighted by Crippen LogP contribution is 2.34. The number of fused-ring (bicyclic) bond motifs is 5. The molecule has 2 aromatic heterocycles. The zero-order valence-corrected chi connectivity index (χ0v) is 17.1. The van der Waals surface area contributed by atoms with Crippen molar-refractivity contribution in [2.45, 2.75) is 13.3 Å². The molecule has 0 spiro atoms. The molecule has 3 aromatic carbocycles. The van der Waals surface area contributed by atoms with Crippen molar-refractivity contribution in [3.63, 3.8) is 0 Å². The number of aromatic nitrogens is 3. The van der Waals surface area contributed by atoms with Gasteiger partial charge in [0.2, 0.25) is 5.69 Å². The van der Waals surface area contributed by atoms with Crippen LogP contribution in [-0.4, -0.2) is 9.55 Å². The van der Waals surface area contributed by atoms with Crippen LogP contribution in [0.2, 0.25) is 0 Å². The van der Waals surface area contributed by atoms with Gasteiger partial charge in [0, 0.05) is 23.6 Å². The van der Waals surface area contributed by atoms with Gasteiger partial charge in [0.15, 0.2) is 6.20 Å². The number of rotatable bonds is 2. The molecule has 30 heavy (non-hydrogen) atoms. The maximum atomic E-state index is 4.87. The minimum Gasteiger partial charge on any atom is -0.295 e. The van der Waals surface area contributed by atoms with Crippen LogP contribution in [0.3, 0.4) is 0 Å². The molecule has 0 fully saturated rings. The fourth-order valence-corrected chi connectivity index (χ4v) is 4.65. The first-order chi connectivity index (χ1) is 14.7. The molecular formula is C27H22N3+. The first-order valence-corrected chi connectivity index (χ1v) is 10.3. The predicted molar refractivity (Wildman–Crippen MR) is 121 cm³/mol. The minimum atomic E-state index is 0.876. The summed E-state index contributed by atoms with van der Waals surface area (Å²) in [5, 5.41) is 0. The quantitative estimate of drug-likeness (QED) is 0.364. The zero-order chi connectivity index (χ0) is 20.2. The van der Waals surface area contributed by atoms with E-state index in [9.17, 15) is 0 Å². The summed E-state index contributed by atoms with van der Waals surface area (Å²) in [5.74, 6) is 1.12. The maximum absolute atomic E-state index is 4.87. The van der Waals surface area contributed by atoms with Gasteiger partial charge < -0.3 is 0 Å². The SMILES string of the molecule is Cc1ccc(-c2ccccc2)cc1-c1cc2c(c[n+]1C)Cc1nc3ccccc3n1-2. The number of nitrogens with zero attached hydrogens (tertiary/aromatic N) is 3. The zero-order valence-electron chi connectivity index (χ0n) is 17.1. The molecule has 5 aromatic rings. The molecule has 0 bridgehead atoms. The van der Waals surface area contributed by atoms with E-state index in [-0.39, 0.29) is 0 Å². The smallest absolute Gasteiger partial charge is 0.214 e. The van der Waals surface area contributed by atoms with E-state index in [0.717, 1.165) is 17.8 Å². The molecule has 3 heteroatoms. The summed E-state index contributed by atoms with van der Waals surface area (Å²) < 4.78 is 4.58. The van der Waals surface area contributed by atoms with Gasteiger partial charge in [-0.25, -0.2) is 9.55 Å². The van der Waals surface area contributed by atoms with Gasteiger partial charge in [-0.15, -0.1) is 0 Å². The molecule has 0 radical (unpaired) electrons. The molecule has 0 unspecified atom stereocenters. The lowest BCUT2D eigenvalue weighted by atomic mass is 9.97. The number of imidazole rings is 1. The number of para-hydroxylation sites is 2. The summed E-state index contributed by atoms with van der Waals surface area (Å²) in [4.78, 5) is 4.87. The van der Waals surface area contributed by atoms with Crippen LogP contribution >= 0.6 is 0 Å². The summed E-state index contributed by atoms with van der Waals surface area (Å²) in [5.41, 5.74) is 11.1. The Kier molecular flexibility index (Phi) is 3.66. The first kappa shape index (κ1) is 17.2. The van der Waals surface area contributed by atoms with Crippen LogP contribution in [0, 0.1) is 6.92 Å². The summed E-state index contributed by atoms with van der Waals surface area (Å²) in [6.07, 6.45) is 3.14. The monoisotopic (exact) mass is 388 g/mol. The first-order valence-electron chi connectivity index (χ1n) is 10.3. The summed E-state index contributed by atoms with van der Waals surface area (Å²) in [6, 6.07) is 28.1. The Morgan fingerprint density at radius 3 is 2.53 bits per heavy atom. The van der Waals surface area contributed by atoms with Crippen molar-refractivity contribution in [2.24, 2.45) is 7.05 Å².